The van der Waals surface area contributed by atoms with Gasteiger partial charge in [-0.15, -0.1) is 12.4 Å². The van der Waals surface area contributed by atoms with Gasteiger partial charge >= 0.3 is 51.4 Å². The van der Waals surface area contributed by atoms with E-state index in [9.17, 15) is 0 Å². The summed E-state index contributed by atoms with van der Waals surface area (Å²) >= 11 is 0. The molecule has 0 aromatic heterocycles. The minimum absolute atomic E-state index is 0. The average Bonchev–Trinajstić information content (AvgIpc) is 0. The van der Waals surface area contributed by atoms with E-state index in [0.29, 0.717) is 0 Å². The molecule has 1 radical (unpaired) electrons. The quantitative estimate of drug-likeness (QED) is 0.470. The fraction of sp³-hybridized carbons (Fsp3) is 0. The monoisotopic (exact) mass is 309 g/mol. The molecular weight excluding hydrogens is 304 g/mol. The number of halogens is 1. The van der Waals surface area contributed by atoms with Gasteiger partial charge in [-0.1, -0.05) is 0 Å². The summed E-state index contributed by atoms with van der Waals surface area (Å²) in [7, 11) is 0. The third kappa shape index (κ3) is 20.7. The summed E-state index contributed by atoms with van der Waals surface area (Å²) in [5.41, 5.74) is 0. The van der Waals surface area contributed by atoms with Crippen molar-refractivity contribution in [3.05, 3.63) is 0 Å². The zero-order valence-electron chi connectivity index (χ0n) is 1.71. The van der Waals surface area contributed by atoms with Gasteiger partial charge in [0.25, 0.3) is 0 Å². The van der Waals surface area contributed by atoms with E-state index in [1.54, 1.807) is 0 Å². The van der Waals surface area contributed by atoms with Gasteiger partial charge < -0.3 is 11.0 Å². The summed E-state index contributed by atoms with van der Waals surface area (Å²) in [6.45, 7) is 0. The van der Waals surface area contributed by atoms with Crippen LogP contribution in [0.2, 0.25) is 0 Å². The van der Waals surface area contributed by atoms with Gasteiger partial charge in [0.2, 0.25) is 0 Å². The van der Waals surface area contributed by atoms with Gasteiger partial charge in [-0.3, -0.25) is 0 Å². The zero-order valence-corrected chi connectivity index (χ0v) is 4.69. The Morgan fingerprint density at radius 1 is 0.800 bits per heavy atom. The van der Waals surface area contributed by atoms with Crippen LogP contribution < -0.4 is 0 Å². The Morgan fingerprint density at radius 2 is 0.800 bits per heavy atom. The van der Waals surface area contributed by atoms with Crippen molar-refractivity contribution in [2.24, 2.45) is 0 Å². The Bertz CT molecular complexity index is 9.61. The van der Waals surface area contributed by atoms with Crippen molar-refractivity contribution >= 4 is 63.8 Å². The minimum atomic E-state index is 0. The molecule has 5 heteroatoms. The molecule has 0 aliphatic heterocycles. The van der Waals surface area contributed by atoms with Gasteiger partial charge in [0, 0.05) is 22.4 Å². The summed E-state index contributed by atoms with van der Waals surface area (Å²) in [6.07, 6.45) is 0. The maximum atomic E-state index is 0. The van der Waals surface area contributed by atoms with Crippen LogP contribution in [0, 0.1) is 0 Å². The SMILES string of the molecule is Cl.O.O.[Au].[KH]. The van der Waals surface area contributed by atoms with E-state index in [0.717, 1.165) is 0 Å². The second kappa shape index (κ2) is 30.7. The third-order valence-corrected chi connectivity index (χ3v) is 0. The molecule has 0 aliphatic carbocycles. The van der Waals surface area contributed by atoms with Crippen molar-refractivity contribution in [1.82, 2.24) is 0 Å². The summed E-state index contributed by atoms with van der Waals surface area (Å²) in [5, 5.41) is 0. The van der Waals surface area contributed by atoms with Gasteiger partial charge in [0.15, 0.2) is 0 Å². The van der Waals surface area contributed by atoms with Crippen molar-refractivity contribution in [3.63, 3.8) is 0 Å². The Kier molecular flexibility index (Phi) is 302. The topological polar surface area (TPSA) is 63.0 Å². The van der Waals surface area contributed by atoms with E-state index < -0.39 is 0 Å². The van der Waals surface area contributed by atoms with Crippen LogP contribution in [-0.4, -0.2) is 62.3 Å². The van der Waals surface area contributed by atoms with Crippen molar-refractivity contribution in [1.29, 1.82) is 0 Å². The van der Waals surface area contributed by atoms with Crippen LogP contribution in [0.3, 0.4) is 0 Å². The predicted octanol–water partition coefficient (Wildman–Crippen LogP) is -1.88. The summed E-state index contributed by atoms with van der Waals surface area (Å²) < 4.78 is 0. The first-order chi connectivity index (χ1) is 0. The molecule has 0 rings (SSSR count). The van der Waals surface area contributed by atoms with Crippen molar-refractivity contribution < 1.29 is 33.3 Å². The first-order valence-electron chi connectivity index (χ1n) is 0. The predicted molar refractivity (Wildman–Crippen MR) is 21.6 cm³/mol. The molecule has 0 saturated heterocycles. The molecule has 0 atom stereocenters. The van der Waals surface area contributed by atoms with Gasteiger partial charge in [0.05, 0.1) is 0 Å². The van der Waals surface area contributed by atoms with Crippen LogP contribution >= 0.6 is 12.4 Å². The van der Waals surface area contributed by atoms with Crippen molar-refractivity contribution in [3.8, 4) is 0 Å². The van der Waals surface area contributed by atoms with E-state index in [2.05, 4.69) is 0 Å². The van der Waals surface area contributed by atoms with Gasteiger partial charge in [-0.25, -0.2) is 0 Å². The van der Waals surface area contributed by atoms with Crippen LogP contribution in [0.15, 0.2) is 0 Å². The van der Waals surface area contributed by atoms with Gasteiger partial charge in [0.1, 0.15) is 0 Å². The molecule has 0 spiro atoms. The zero-order chi connectivity index (χ0) is 0. The molecule has 4 N–H and O–H groups in total. The number of hydrogen-bond acceptors (Lipinski definition) is 0. The van der Waals surface area contributed by atoms with E-state index in [4.69, 9.17) is 0 Å². The Balaban J connectivity index is 0. The average molecular weight is 310 g/mol. The molecule has 0 bridgehead atoms. The van der Waals surface area contributed by atoms with Crippen LogP contribution in [0.4, 0.5) is 0 Å². The molecule has 37 valence electrons. The van der Waals surface area contributed by atoms with Gasteiger partial charge in [-0.2, -0.15) is 0 Å². The molecule has 0 fully saturated rings. The van der Waals surface area contributed by atoms with E-state index in [1.807, 2.05) is 0 Å². The molecule has 0 aromatic rings. The van der Waals surface area contributed by atoms with Crippen LogP contribution in [0.25, 0.3) is 0 Å². The molecule has 0 unspecified atom stereocenters. The van der Waals surface area contributed by atoms with E-state index >= 15 is 0 Å². The summed E-state index contributed by atoms with van der Waals surface area (Å²) in [4.78, 5) is 0. The first-order valence-corrected chi connectivity index (χ1v) is 0. The van der Waals surface area contributed by atoms with Crippen LogP contribution in [-0.2, 0) is 22.4 Å². The Labute approximate surface area is 95.0 Å². The maximum absolute atomic E-state index is 0. The fourth-order valence-electron chi connectivity index (χ4n) is 0. The number of hydrogen-bond donors (Lipinski definition) is 0. The molecular formula is H6AuClKO2. The number of rotatable bonds is 0. The Hall–Kier alpha value is 2.59. The molecule has 0 aromatic carbocycles. The molecule has 0 amide bonds. The fourth-order valence-corrected chi connectivity index (χ4v) is 0. The van der Waals surface area contributed by atoms with E-state index in [-0.39, 0.29) is 97.1 Å². The van der Waals surface area contributed by atoms with Crippen LogP contribution in [0.5, 0.6) is 0 Å². The second-order valence-corrected chi connectivity index (χ2v) is 0. The summed E-state index contributed by atoms with van der Waals surface area (Å²) in [6, 6.07) is 0. The normalized spacial score (nSPS) is 0. The molecule has 0 aliphatic rings. The standard InChI is InChI=1S/Au.ClH.K.2H2O.H/h;1H;;2*1H2;. The van der Waals surface area contributed by atoms with Crippen LogP contribution in [0.1, 0.15) is 0 Å². The van der Waals surface area contributed by atoms with Crippen molar-refractivity contribution in [2.75, 3.05) is 0 Å². The van der Waals surface area contributed by atoms with Crippen molar-refractivity contribution in [2.45, 2.75) is 0 Å². The van der Waals surface area contributed by atoms with E-state index in [1.165, 1.54) is 0 Å². The molecule has 0 saturated carbocycles. The summed E-state index contributed by atoms with van der Waals surface area (Å²) in [5.74, 6) is 0. The molecule has 0 heterocycles. The third-order valence-electron chi connectivity index (χ3n) is 0. The Morgan fingerprint density at radius 3 is 0.800 bits per heavy atom. The molecule has 5 heavy (non-hydrogen) atoms. The second-order valence-electron chi connectivity index (χ2n) is 0. The first kappa shape index (κ1) is 49.2. The molecule has 2 nitrogen and oxygen atoms in total. The van der Waals surface area contributed by atoms with Gasteiger partial charge in [-0.05, 0) is 0 Å².